The van der Waals surface area contributed by atoms with Crippen LogP contribution >= 0.6 is 0 Å². The van der Waals surface area contributed by atoms with E-state index in [2.05, 4.69) is 4.98 Å². The molecule has 0 atom stereocenters. The Hall–Kier alpha value is -1.52. The van der Waals surface area contributed by atoms with E-state index in [1.807, 2.05) is 11.5 Å². The lowest BCUT2D eigenvalue weighted by molar-refractivity contribution is 0.0521. The number of rotatable bonds is 4. The number of ether oxygens (including phenoxy) is 1. The van der Waals surface area contributed by atoms with E-state index in [0.717, 1.165) is 12.4 Å². The van der Waals surface area contributed by atoms with E-state index >= 15 is 0 Å². The minimum Gasteiger partial charge on any atom is -0.461 e. The van der Waals surface area contributed by atoms with E-state index in [1.54, 1.807) is 6.92 Å². The molecular weight excluding hydrogens is 242 g/mol. The van der Waals surface area contributed by atoms with Crippen molar-refractivity contribution in [1.82, 2.24) is 9.55 Å². The molecule has 2 rings (SSSR count). The Morgan fingerprint density at radius 2 is 2.11 bits per heavy atom. The first kappa shape index (κ1) is 13.9. The van der Waals surface area contributed by atoms with Crippen LogP contribution in [0.15, 0.2) is 0 Å². The molecule has 2 N–H and O–H groups in total. The molecule has 0 saturated heterocycles. The monoisotopic (exact) mass is 265 g/mol. The van der Waals surface area contributed by atoms with Gasteiger partial charge in [0.05, 0.1) is 6.61 Å². The molecule has 0 spiro atoms. The van der Waals surface area contributed by atoms with Gasteiger partial charge < -0.3 is 15.0 Å². The van der Waals surface area contributed by atoms with E-state index in [1.165, 1.54) is 32.1 Å². The van der Waals surface area contributed by atoms with Crippen LogP contribution in [-0.4, -0.2) is 22.1 Å². The molecule has 5 heteroatoms. The van der Waals surface area contributed by atoms with Gasteiger partial charge in [-0.15, -0.1) is 0 Å². The topological polar surface area (TPSA) is 70.1 Å². The molecule has 19 heavy (non-hydrogen) atoms. The number of hydrogen-bond acceptors (Lipinski definition) is 4. The molecule has 5 nitrogen and oxygen atoms in total. The fraction of sp³-hybridized carbons (Fsp3) is 0.714. The van der Waals surface area contributed by atoms with Gasteiger partial charge >= 0.3 is 5.97 Å². The molecule has 1 aliphatic carbocycles. The van der Waals surface area contributed by atoms with Crippen molar-refractivity contribution in [2.24, 2.45) is 5.92 Å². The van der Waals surface area contributed by atoms with Crippen molar-refractivity contribution in [3.05, 3.63) is 11.5 Å². The van der Waals surface area contributed by atoms with Gasteiger partial charge in [-0.2, -0.15) is 0 Å². The van der Waals surface area contributed by atoms with Gasteiger partial charge in [0.15, 0.2) is 5.69 Å². The van der Waals surface area contributed by atoms with Crippen molar-refractivity contribution in [3.63, 3.8) is 0 Å². The van der Waals surface area contributed by atoms with E-state index in [4.69, 9.17) is 10.5 Å². The summed E-state index contributed by atoms with van der Waals surface area (Å²) in [6, 6.07) is 0. The van der Waals surface area contributed by atoms with Crippen LogP contribution in [0.1, 0.15) is 55.3 Å². The third-order valence-corrected chi connectivity index (χ3v) is 3.83. The number of imidazole rings is 1. The summed E-state index contributed by atoms with van der Waals surface area (Å²) in [7, 11) is 0. The number of carbonyl (C=O) groups excluding carboxylic acids is 1. The van der Waals surface area contributed by atoms with Crippen LogP contribution < -0.4 is 5.73 Å². The minimum absolute atomic E-state index is 0.259. The molecule has 1 saturated carbocycles. The second-order valence-electron chi connectivity index (χ2n) is 5.23. The minimum atomic E-state index is -0.425. The number of aryl methyl sites for hydroxylation is 1. The number of esters is 1. The van der Waals surface area contributed by atoms with Gasteiger partial charge in [0.25, 0.3) is 0 Å². The van der Waals surface area contributed by atoms with Crippen molar-refractivity contribution in [3.8, 4) is 0 Å². The van der Waals surface area contributed by atoms with Crippen molar-refractivity contribution in [2.75, 3.05) is 12.3 Å². The van der Waals surface area contributed by atoms with Gasteiger partial charge in [-0.1, -0.05) is 19.3 Å². The maximum absolute atomic E-state index is 11.7. The number of nitrogens with two attached hydrogens (primary N) is 1. The largest absolute Gasteiger partial charge is 0.461 e. The fourth-order valence-corrected chi connectivity index (χ4v) is 2.79. The zero-order valence-electron chi connectivity index (χ0n) is 11.8. The van der Waals surface area contributed by atoms with Crippen molar-refractivity contribution < 1.29 is 9.53 Å². The second kappa shape index (κ2) is 6.08. The SMILES string of the molecule is CCOC(=O)c1nc(C)n(CC2CCCCC2)c1N. The lowest BCUT2D eigenvalue weighted by Gasteiger charge is -2.23. The number of anilines is 1. The van der Waals surface area contributed by atoms with Crippen LogP contribution in [0.5, 0.6) is 0 Å². The fourth-order valence-electron chi connectivity index (χ4n) is 2.79. The number of nitrogens with zero attached hydrogens (tertiary/aromatic N) is 2. The molecule has 1 aromatic rings. The Morgan fingerprint density at radius 1 is 1.42 bits per heavy atom. The maximum Gasteiger partial charge on any atom is 0.360 e. The molecule has 1 aromatic heterocycles. The third kappa shape index (κ3) is 3.08. The maximum atomic E-state index is 11.7. The highest BCUT2D eigenvalue weighted by Gasteiger charge is 2.22. The molecule has 0 amide bonds. The summed E-state index contributed by atoms with van der Waals surface area (Å²) in [4.78, 5) is 16.0. The lowest BCUT2D eigenvalue weighted by atomic mass is 9.89. The van der Waals surface area contributed by atoms with E-state index in [-0.39, 0.29) is 5.69 Å². The van der Waals surface area contributed by atoms with Gasteiger partial charge in [0, 0.05) is 6.54 Å². The third-order valence-electron chi connectivity index (χ3n) is 3.83. The number of carbonyl (C=O) groups is 1. The van der Waals surface area contributed by atoms with Gasteiger partial charge in [-0.05, 0) is 32.6 Å². The average molecular weight is 265 g/mol. The van der Waals surface area contributed by atoms with Crippen LogP contribution in [0.2, 0.25) is 0 Å². The first-order chi connectivity index (χ1) is 9.13. The molecule has 1 aliphatic rings. The Kier molecular flexibility index (Phi) is 4.45. The first-order valence-electron chi connectivity index (χ1n) is 7.13. The van der Waals surface area contributed by atoms with Crippen LogP contribution in [0.3, 0.4) is 0 Å². The molecule has 0 radical (unpaired) electrons. The van der Waals surface area contributed by atoms with E-state index < -0.39 is 5.97 Å². The van der Waals surface area contributed by atoms with Crippen molar-refractivity contribution in [1.29, 1.82) is 0 Å². The predicted molar refractivity (Wildman–Crippen MR) is 73.9 cm³/mol. The van der Waals surface area contributed by atoms with Crippen molar-refractivity contribution >= 4 is 11.8 Å². The summed E-state index contributed by atoms with van der Waals surface area (Å²) in [5.41, 5.74) is 6.31. The smallest absolute Gasteiger partial charge is 0.360 e. The standard InChI is InChI=1S/C14H23N3O2/c1-3-19-14(18)12-13(15)17(10(2)16-12)9-11-7-5-4-6-8-11/h11H,3-9,15H2,1-2H3. The highest BCUT2D eigenvalue weighted by molar-refractivity contribution is 5.92. The Morgan fingerprint density at radius 3 is 2.74 bits per heavy atom. The zero-order valence-corrected chi connectivity index (χ0v) is 11.8. The van der Waals surface area contributed by atoms with Crippen LogP contribution in [0, 0.1) is 12.8 Å². The Labute approximate surface area is 114 Å². The van der Waals surface area contributed by atoms with Crippen LogP contribution in [-0.2, 0) is 11.3 Å². The zero-order chi connectivity index (χ0) is 13.8. The summed E-state index contributed by atoms with van der Waals surface area (Å²) < 4.78 is 6.93. The predicted octanol–water partition coefficient (Wildman–Crippen LogP) is 2.53. The highest BCUT2D eigenvalue weighted by Crippen LogP contribution is 2.27. The number of hydrogen-bond donors (Lipinski definition) is 1. The molecule has 0 unspecified atom stereocenters. The van der Waals surface area contributed by atoms with E-state index in [9.17, 15) is 4.79 Å². The lowest BCUT2D eigenvalue weighted by Crippen LogP contribution is -2.17. The Bertz CT molecular complexity index is 448. The van der Waals surface area contributed by atoms with Gasteiger partial charge in [-0.25, -0.2) is 9.78 Å². The summed E-state index contributed by atoms with van der Waals surface area (Å²) in [6.07, 6.45) is 6.41. The quantitative estimate of drug-likeness (QED) is 0.849. The second-order valence-corrected chi connectivity index (χ2v) is 5.23. The average Bonchev–Trinajstić information content (AvgIpc) is 2.68. The molecule has 0 bridgehead atoms. The summed E-state index contributed by atoms with van der Waals surface area (Å²) >= 11 is 0. The molecule has 1 heterocycles. The van der Waals surface area contributed by atoms with E-state index in [0.29, 0.717) is 18.3 Å². The van der Waals surface area contributed by atoms with Gasteiger partial charge in [0.2, 0.25) is 0 Å². The number of nitrogen functional groups attached to an aromatic ring is 1. The Balaban J connectivity index is 2.14. The van der Waals surface area contributed by atoms with Crippen LogP contribution in [0.4, 0.5) is 5.82 Å². The number of aromatic nitrogens is 2. The molecular formula is C14H23N3O2. The molecule has 0 aromatic carbocycles. The van der Waals surface area contributed by atoms with Gasteiger partial charge in [-0.3, -0.25) is 0 Å². The molecule has 0 aliphatic heterocycles. The van der Waals surface area contributed by atoms with Gasteiger partial charge in [0.1, 0.15) is 11.6 Å². The summed E-state index contributed by atoms with van der Waals surface area (Å²) in [5.74, 6) is 1.47. The highest BCUT2D eigenvalue weighted by atomic mass is 16.5. The molecule has 1 fully saturated rings. The molecule has 106 valence electrons. The van der Waals surface area contributed by atoms with Crippen LogP contribution in [0.25, 0.3) is 0 Å². The first-order valence-corrected chi connectivity index (χ1v) is 7.13. The van der Waals surface area contributed by atoms with Crippen molar-refractivity contribution in [2.45, 2.75) is 52.5 Å². The summed E-state index contributed by atoms with van der Waals surface area (Å²) in [6.45, 7) is 4.87. The summed E-state index contributed by atoms with van der Waals surface area (Å²) in [5, 5.41) is 0. The normalized spacial score (nSPS) is 16.5.